The van der Waals surface area contributed by atoms with Crippen molar-refractivity contribution in [2.75, 3.05) is 44.2 Å². The van der Waals surface area contributed by atoms with Crippen LogP contribution in [-0.2, 0) is 9.59 Å². The van der Waals surface area contributed by atoms with Gasteiger partial charge in [-0.15, -0.1) is 0 Å². The van der Waals surface area contributed by atoms with Gasteiger partial charge in [-0.1, -0.05) is 39.8 Å². The number of likely N-dealkylation sites (N-methyl/N-ethyl adjacent to an activating group) is 1. The van der Waals surface area contributed by atoms with Crippen molar-refractivity contribution in [1.82, 2.24) is 14.7 Å². The van der Waals surface area contributed by atoms with Gasteiger partial charge in [-0.25, -0.2) is 0 Å². The van der Waals surface area contributed by atoms with Crippen molar-refractivity contribution in [1.29, 1.82) is 0 Å². The zero-order chi connectivity index (χ0) is 23.5. The monoisotopic (exact) mass is 442 g/mol. The van der Waals surface area contributed by atoms with Crippen molar-refractivity contribution in [3.05, 3.63) is 29.8 Å². The average Bonchev–Trinajstić information content (AvgIpc) is 3.08. The van der Waals surface area contributed by atoms with E-state index in [4.69, 9.17) is 0 Å². The third kappa shape index (κ3) is 4.68. The number of rotatable bonds is 10. The van der Waals surface area contributed by atoms with Crippen molar-refractivity contribution >= 4 is 23.4 Å². The second-order valence-corrected chi connectivity index (χ2v) is 9.43. The van der Waals surface area contributed by atoms with Crippen LogP contribution in [0.25, 0.3) is 0 Å². The van der Waals surface area contributed by atoms with E-state index in [-0.39, 0.29) is 24.1 Å². The number of nitrogens with zero attached hydrogens (tertiary/aromatic N) is 4. The lowest BCUT2D eigenvalue weighted by Crippen LogP contribution is -2.62. The van der Waals surface area contributed by atoms with Crippen molar-refractivity contribution in [2.24, 2.45) is 5.92 Å². The number of hydrogen-bond donors (Lipinski definition) is 0. The third-order valence-electron chi connectivity index (χ3n) is 6.81. The lowest BCUT2D eigenvalue weighted by Gasteiger charge is -2.48. The minimum absolute atomic E-state index is 0.0319. The molecule has 1 aromatic rings. The zero-order valence-corrected chi connectivity index (χ0v) is 20.3. The van der Waals surface area contributed by atoms with E-state index in [1.165, 1.54) is 0 Å². The quantitative estimate of drug-likeness (QED) is 0.558. The second kappa shape index (κ2) is 10.0. The first-order valence-corrected chi connectivity index (χ1v) is 12.0. The van der Waals surface area contributed by atoms with Crippen LogP contribution in [0.3, 0.4) is 0 Å². The number of anilines is 1. The molecule has 32 heavy (non-hydrogen) atoms. The molecule has 2 aliphatic heterocycles. The molecule has 7 nitrogen and oxygen atoms in total. The SMILES string of the molecule is CCN(CC)CCN(CC(C)C)C(=O)CCN1C(=O)c2ccccc2N2C(=O)CC[C@@]12C. The van der Waals surface area contributed by atoms with E-state index in [2.05, 4.69) is 32.6 Å². The maximum absolute atomic E-state index is 13.4. The number of hydrogen-bond acceptors (Lipinski definition) is 4. The van der Waals surface area contributed by atoms with E-state index in [1.807, 2.05) is 30.0 Å². The third-order valence-corrected chi connectivity index (χ3v) is 6.81. The van der Waals surface area contributed by atoms with Crippen LogP contribution in [-0.4, -0.2) is 77.4 Å². The summed E-state index contributed by atoms with van der Waals surface area (Å²) in [5.41, 5.74) is 0.506. The van der Waals surface area contributed by atoms with E-state index >= 15 is 0 Å². The molecule has 0 N–H and O–H groups in total. The summed E-state index contributed by atoms with van der Waals surface area (Å²) in [4.78, 5) is 47.1. The second-order valence-electron chi connectivity index (χ2n) is 9.43. The van der Waals surface area contributed by atoms with Gasteiger partial charge in [-0.3, -0.25) is 19.3 Å². The summed E-state index contributed by atoms with van der Waals surface area (Å²) in [7, 11) is 0. The fourth-order valence-corrected chi connectivity index (χ4v) is 4.97. The first-order chi connectivity index (χ1) is 15.2. The lowest BCUT2D eigenvalue weighted by atomic mass is 9.98. The van der Waals surface area contributed by atoms with Crippen LogP contribution in [0.1, 0.15) is 64.2 Å². The Morgan fingerprint density at radius 3 is 2.47 bits per heavy atom. The van der Waals surface area contributed by atoms with Crippen molar-refractivity contribution < 1.29 is 14.4 Å². The predicted octanol–water partition coefficient (Wildman–Crippen LogP) is 3.20. The summed E-state index contributed by atoms with van der Waals surface area (Å²) in [6, 6.07) is 7.29. The normalized spacial score (nSPS) is 20.2. The number of carbonyl (C=O) groups is 3. The predicted molar refractivity (Wildman–Crippen MR) is 126 cm³/mol. The molecule has 176 valence electrons. The summed E-state index contributed by atoms with van der Waals surface area (Å²) in [6.45, 7) is 14.9. The molecule has 0 aromatic heterocycles. The molecule has 1 atom stereocenters. The molecule has 3 rings (SSSR count). The standard InChI is InChI=1S/C25H38N4O3/c1-6-26(7-2)16-17-27(18-19(3)4)22(30)13-15-28-24(32)20-10-8-9-11-21(20)29-23(31)12-14-25(28,29)5/h8-11,19H,6-7,12-18H2,1-5H3/t25-/m0/s1. The molecule has 2 heterocycles. The van der Waals surface area contributed by atoms with Crippen LogP contribution in [0, 0.1) is 5.92 Å². The fraction of sp³-hybridized carbons (Fsp3) is 0.640. The summed E-state index contributed by atoms with van der Waals surface area (Å²) >= 11 is 0. The molecule has 3 amide bonds. The Bertz CT molecular complexity index is 851. The van der Waals surface area contributed by atoms with Crippen LogP contribution in [0.2, 0.25) is 0 Å². The van der Waals surface area contributed by atoms with Gasteiger partial charge in [0.1, 0.15) is 5.66 Å². The van der Waals surface area contributed by atoms with E-state index < -0.39 is 5.66 Å². The zero-order valence-electron chi connectivity index (χ0n) is 20.3. The van der Waals surface area contributed by atoms with Gasteiger partial charge >= 0.3 is 0 Å². The number of benzene rings is 1. The highest BCUT2D eigenvalue weighted by Gasteiger charge is 2.52. The first-order valence-electron chi connectivity index (χ1n) is 12.0. The lowest BCUT2D eigenvalue weighted by molar-refractivity contribution is -0.132. The van der Waals surface area contributed by atoms with Gasteiger partial charge in [-0.05, 0) is 44.5 Å². The molecule has 0 aliphatic carbocycles. The molecular weight excluding hydrogens is 404 g/mol. The Kier molecular flexibility index (Phi) is 7.59. The molecule has 1 fully saturated rings. The van der Waals surface area contributed by atoms with E-state index in [9.17, 15) is 14.4 Å². The van der Waals surface area contributed by atoms with Gasteiger partial charge in [0, 0.05) is 39.0 Å². The largest absolute Gasteiger partial charge is 0.341 e. The topological polar surface area (TPSA) is 64.2 Å². The molecule has 0 spiro atoms. The minimum Gasteiger partial charge on any atom is -0.341 e. The summed E-state index contributed by atoms with van der Waals surface area (Å²) < 4.78 is 0. The van der Waals surface area contributed by atoms with Crippen LogP contribution in [0.4, 0.5) is 5.69 Å². The van der Waals surface area contributed by atoms with E-state index in [0.29, 0.717) is 49.6 Å². The Balaban J connectivity index is 1.76. The van der Waals surface area contributed by atoms with Gasteiger partial charge < -0.3 is 14.7 Å². The molecular formula is C25H38N4O3. The molecule has 1 aromatic carbocycles. The van der Waals surface area contributed by atoms with Crippen molar-refractivity contribution in [3.8, 4) is 0 Å². The highest BCUT2D eigenvalue weighted by molar-refractivity contribution is 6.10. The molecule has 0 radical (unpaired) electrons. The summed E-state index contributed by atoms with van der Waals surface area (Å²) in [6.07, 6.45) is 1.25. The average molecular weight is 443 g/mol. The molecule has 7 heteroatoms. The van der Waals surface area contributed by atoms with Gasteiger partial charge in [0.2, 0.25) is 11.8 Å². The van der Waals surface area contributed by atoms with Gasteiger partial charge in [-0.2, -0.15) is 0 Å². The number of carbonyl (C=O) groups excluding carboxylic acids is 3. The first kappa shape index (κ1) is 24.2. The van der Waals surface area contributed by atoms with Crippen LogP contribution >= 0.6 is 0 Å². The summed E-state index contributed by atoms with van der Waals surface area (Å²) in [5.74, 6) is 0.376. The Morgan fingerprint density at radius 2 is 1.81 bits per heavy atom. The van der Waals surface area contributed by atoms with E-state index in [1.54, 1.807) is 15.9 Å². The van der Waals surface area contributed by atoms with Crippen LogP contribution in [0.5, 0.6) is 0 Å². The van der Waals surface area contributed by atoms with Gasteiger partial charge in [0.25, 0.3) is 5.91 Å². The highest BCUT2D eigenvalue weighted by Crippen LogP contribution is 2.43. The maximum atomic E-state index is 13.4. The van der Waals surface area contributed by atoms with Crippen molar-refractivity contribution in [2.45, 2.75) is 59.5 Å². The number of amides is 3. The number of para-hydroxylation sites is 1. The van der Waals surface area contributed by atoms with Crippen LogP contribution in [0.15, 0.2) is 24.3 Å². The molecule has 1 saturated heterocycles. The number of fused-ring (bicyclic) bond motifs is 3. The van der Waals surface area contributed by atoms with Crippen LogP contribution < -0.4 is 4.90 Å². The smallest absolute Gasteiger partial charge is 0.257 e. The van der Waals surface area contributed by atoms with Gasteiger partial charge in [0.15, 0.2) is 0 Å². The minimum atomic E-state index is -0.715. The van der Waals surface area contributed by atoms with Crippen molar-refractivity contribution in [3.63, 3.8) is 0 Å². The van der Waals surface area contributed by atoms with Gasteiger partial charge in [0.05, 0.1) is 11.3 Å². The Labute approximate surface area is 192 Å². The Morgan fingerprint density at radius 1 is 1.12 bits per heavy atom. The molecule has 2 aliphatic rings. The maximum Gasteiger partial charge on any atom is 0.257 e. The molecule has 0 bridgehead atoms. The summed E-state index contributed by atoms with van der Waals surface area (Å²) in [5, 5.41) is 0. The molecule has 0 unspecified atom stereocenters. The van der Waals surface area contributed by atoms with E-state index in [0.717, 1.165) is 19.6 Å². The highest BCUT2D eigenvalue weighted by atomic mass is 16.2. The molecule has 0 saturated carbocycles. The Hall–Kier alpha value is -2.41. The fourth-order valence-electron chi connectivity index (χ4n) is 4.97.